The minimum atomic E-state index is -1.18. The second kappa shape index (κ2) is 8.34. The molecule has 0 radical (unpaired) electrons. The molecule has 32 heavy (non-hydrogen) atoms. The Morgan fingerprint density at radius 3 is 2.38 bits per heavy atom. The lowest BCUT2D eigenvalue weighted by molar-refractivity contribution is -0.127. The average molecular weight is 436 g/mol. The highest BCUT2D eigenvalue weighted by molar-refractivity contribution is 5.71. The molecule has 170 valence electrons. The fourth-order valence-corrected chi connectivity index (χ4v) is 5.27. The third-order valence-corrected chi connectivity index (χ3v) is 7.11. The quantitative estimate of drug-likeness (QED) is 0.738. The van der Waals surface area contributed by atoms with Gasteiger partial charge in [0.25, 0.3) is 0 Å². The van der Waals surface area contributed by atoms with Crippen LogP contribution in [0, 0.1) is 5.41 Å². The molecule has 0 unspecified atom stereocenters. The van der Waals surface area contributed by atoms with Gasteiger partial charge in [0, 0.05) is 49.6 Å². The van der Waals surface area contributed by atoms with Gasteiger partial charge in [0.1, 0.15) is 5.60 Å². The highest BCUT2D eigenvalue weighted by atomic mass is 16.4. The molecule has 6 nitrogen and oxygen atoms in total. The fourth-order valence-electron chi connectivity index (χ4n) is 5.27. The van der Waals surface area contributed by atoms with Gasteiger partial charge in [0.05, 0.1) is 0 Å². The summed E-state index contributed by atoms with van der Waals surface area (Å²) in [5.41, 5.74) is 3.40. The zero-order chi connectivity index (χ0) is 23.1. The lowest BCUT2D eigenvalue weighted by Crippen LogP contribution is -2.63. The maximum absolute atomic E-state index is 12.3. The van der Waals surface area contributed by atoms with E-state index in [-0.39, 0.29) is 5.41 Å². The first-order valence-electron chi connectivity index (χ1n) is 11.3. The van der Waals surface area contributed by atoms with Crippen molar-refractivity contribution in [3.8, 4) is 0 Å². The molecule has 1 saturated heterocycles. The number of nitrogens with zero attached hydrogens (tertiary/aromatic N) is 3. The van der Waals surface area contributed by atoms with Gasteiger partial charge < -0.3 is 20.0 Å². The van der Waals surface area contributed by atoms with Crippen LogP contribution >= 0.6 is 0 Å². The molecule has 2 aliphatic rings. The largest absolute Gasteiger partial charge is 0.465 e. The predicted molar refractivity (Wildman–Crippen MR) is 126 cm³/mol. The van der Waals surface area contributed by atoms with Crippen molar-refractivity contribution in [3.05, 3.63) is 71.1 Å². The Morgan fingerprint density at radius 2 is 1.84 bits per heavy atom. The van der Waals surface area contributed by atoms with Crippen LogP contribution < -0.4 is 0 Å². The zero-order valence-electron chi connectivity index (χ0n) is 19.4. The van der Waals surface area contributed by atoms with Crippen LogP contribution in [-0.2, 0) is 5.60 Å². The van der Waals surface area contributed by atoms with Gasteiger partial charge in [-0.05, 0) is 47.7 Å². The van der Waals surface area contributed by atoms with E-state index < -0.39 is 11.7 Å². The highest BCUT2D eigenvalue weighted by Crippen LogP contribution is 2.50. The molecule has 2 aliphatic heterocycles. The Kier molecular flexibility index (Phi) is 5.86. The molecule has 1 aromatic carbocycles. The van der Waals surface area contributed by atoms with E-state index >= 15 is 0 Å². The monoisotopic (exact) mass is 435 g/mol. The molecule has 0 aliphatic carbocycles. The van der Waals surface area contributed by atoms with Crippen molar-refractivity contribution in [2.24, 2.45) is 5.41 Å². The second-order valence-electron chi connectivity index (χ2n) is 9.89. The highest BCUT2D eigenvalue weighted by Gasteiger charge is 2.55. The summed E-state index contributed by atoms with van der Waals surface area (Å²) < 4.78 is 0. The van der Waals surface area contributed by atoms with Crippen molar-refractivity contribution in [1.82, 2.24) is 14.8 Å². The molecule has 0 spiro atoms. The van der Waals surface area contributed by atoms with Gasteiger partial charge in [-0.25, -0.2) is 4.79 Å². The van der Waals surface area contributed by atoms with Crippen molar-refractivity contribution < 1.29 is 15.0 Å². The minimum absolute atomic E-state index is 0.345. The Morgan fingerprint density at radius 1 is 1.16 bits per heavy atom. The van der Waals surface area contributed by atoms with E-state index in [1.165, 1.54) is 10.5 Å². The van der Waals surface area contributed by atoms with Gasteiger partial charge in [-0.15, -0.1) is 0 Å². The molecule has 0 bridgehead atoms. The lowest BCUT2D eigenvalue weighted by atomic mass is 9.62. The van der Waals surface area contributed by atoms with Crippen LogP contribution in [0.5, 0.6) is 0 Å². The molecule has 1 aromatic heterocycles. The molecule has 4 rings (SSSR count). The Bertz CT molecular complexity index is 1020. The van der Waals surface area contributed by atoms with Gasteiger partial charge in [-0.2, -0.15) is 0 Å². The third-order valence-electron chi connectivity index (χ3n) is 7.11. The van der Waals surface area contributed by atoms with E-state index in [1.807, 2.05) is 18.3 Å². The second-order valence-corrected chi connectivity index (χ2v) is 9.89. The summed E-state index contributed by atoms with van der Waals surface area (Å²) in [5, 5.41) is 21.6. The number of benzene rings is 1. The number of rotatable bonds is 5. The molecule has 1 fully saturated rings. The normalized spacial score (nSPS) is 20.4. The first kappa shape index (κ1) is 22.5. The third kappa shape index (κ3) is 3.82. The maximum atomic E-state index is 12.3. The van der Waals surface area contributed by atoms with E-state index in [0.717, 1.165) is 35.4 Å². The van der Waals surface area contributed by atoms with Crippen LogP contribution in [0.4, 0.5) is 4.79 Å². The maximum Gasteiger partial charge on any atom is 0.407 e. The molecular weight excluding hydrogens is 402 g/mol. The summed E-state index contributed by atoms with van der Waals surface area (Å²) in [5.74, 6) is 0.427. The Labute approximate surface area is 190 Å². The van der Waals surface area contributed by atoms with Crippen molar-refractivity contribution in [2.45, 2.75) is 38.7 Å². The van der Waals surface area contributed by atoms with Crippen molar-refractivity contribution in [2.75, 3.05) is 33.2 Å². The van der Waals surface area contributed by atoms with E-state index in [2.05, 4.69) is 62.0 Å². The van der Waals surface area contributed by atoms with Crippen molar-refractivity contribution in [3.63, 3.8) is 0 Å². The number of carboxylic acid groups (broad SMARTS) is 1. The standard InChI is InChI=1S/C26H33N3O3/c1-18(2)19-5-7-22(8-6-19)26(32,25(3)16-28(4)17-25)23-13-21(14-27-15-23)20-9-11-29(12-10-20)24(30)31/h5-9,13-15,18,32H,10-12,16-17H2,1-4H3,(H,30,31)/t26-/m0/s1. The van der Waals surface area contributed by atoms with Crippen LogP contribution in [0.3, 0.4) is 0 Å². The summed E-state index contributed by atoms with van der Waals surface area (Å²) in [7, 11) is 2.07. The van der Waals surface area contributed by atoms with Gasteiger partial charge in [0.15, 0.2) is 0 Å². The molecule has 2 aromatic rings. The SMILES string of the molecule is CC(C)c1ccc([C@](O)(c2cncc(C3=CCN(C(=O)O)CC3)c2)C2(C)CN(C)C2)cc1. The van der Waals surface area contributed by atoms with Crippen LogP contribution in [0.2, 0.25) is 0 Å². The number of hydrogen-bond acceptors (Lipinski definition) is 4. The first-order valence-corrected chi connectivity index (χ1v) is 11.3. The number of likely N-dealkylation sites (tertiary alicyclic amines) is 1. The van der Waals surface area contributed by atoms with Gasteiger partial charge in [0.2, 0.25) is 0 Å². The summed E-state index contributed by atoms with van der Waals surface area (Å²) in [6.45, 7) is 8.89. The lowest BCUT2D eigenvalue weighted by Gasteiger charge is -2.56. The van der Waals surface area contributed by atoms with E-state index in [1.54, 1.807) is 6.20 Å². The predicted octanol–water partition coefficient (Wildman–Crippen LogP) is 4.16. The first-order chi connectivity index (χ1) is 15.1. The summed E-state index contributed by atoms with van der Waals surface area (Å²) in [4.78, 5) is 19.3. The number of hydrogen-bond donors (Lipinski definition) is 2. The molecule has 6 heteroatoms. The van der Waals surface area contributed by atoms with Gasteiger partial charge in [-0.1, -0.05) is 51.1 Å². The van der Waals surface area contributed by atoms with E-state index in [0.29, 0.717) is 25.4 Å². The van der Waals surface area contributed by atoms with Crippen LogP contribution in [0.15, 0.2) is 48.8 Å². The average Bonchev–Trinajstić information content (AvgIpc) is 2.77. The number of pyridine rings is 1. The fraction of sp³-hybridized carbons (Fsp3) is 0.462. The van der Waals surface area contributed by atoms with Crippen LogP contribution in [0.1, 0.15) is 55.4 Å². The summed E-state index contributed by atoms with van der Waals surface area (Å²) in [6, 6.07) is 10.4. The summed E-state index contributed by atoms with van der Waals surface area (Å²) in [6.07, 6.45) is 5.28. The number of amides is 1. The van der Waals surface area contributed by atoms with E-state index in [9.17, 15) is 15.0 Å². The summed E-state index contributed by atoms with van der Waals surface area (Å²) >= 11 is 0. The zero-order valence-corrected chi connectivity index (χ0v) is 19.4. The molecule has 1 amide bonds. The molecular formula is C26H33N3O3. The number of aliphatic hydroxyl groups is 1. The molecule has 2 N–H and O–H groups in total. The molecule has 1 atom stereocenters. The minimum Gasteiger partial charge on any atom is -0.465 e. The van der Waals surface area contributed by atoms with Gasteiger partial charge >= 0.3 is 6.09 Å². The van der Waals surface area contributed by atoms with Crippen molar-refractivity contribution >= 4 is 11.7 Å². The molecule has 0 saturated carbocycles. The molecule has 3 heterocycles. The Balaban J connectivity index is 1.74. The van der Waals surface area contributed by atoms with Crippen molar-refractivity contribution in [1.29, 1.82) is 0 Å². The van der Waals surface area contributed by atoms with Crippen LogP contribution in [-0.4, -0.2) is 64.3 Å². The topological polar surface area (TPSA) is 76.9 Å². The Hall–Kier alpha value is -2.70. The van der Waals surface area contributed by atoms with Crippen LogP contribution in [0.25, 0.3) is 5.57 Å². The van der Waals surface area contributed by atoms with Gasteiger partial charge in [-0.3, -0.25) is 4.98 Å². The smallest absolute Gasteiger partial charge is 0.407 e. The number of carbonyl (C=O) groups is 1. The van der Waals surface area contributed by atoms with E-state index in [4.69, 9.17) is 0 Å². The number of aromatic nitrogens is 1.